The van der Waals surface area contributed by atoms with Crippen molar-refractivity contribution < 1.29 is 24.3 Å². The molecule has 2 aliphatic rings. The van der Waals surface area contributed by atoms with Crippen molar-refractivity contribution in [3.63, 3.8) is 0 Å². The van der Waals surface area contributed by atoms with Crippen molar-refractivity contribution in [2.24, 2.45) is 0 Å². The third-order valence-corrected chi connectivity index (χ3v) is 5.23. The summed E-state index contributed by atoms with van der Waals surface area (Å²) in [5.74, 6) is -1.00. The van der Waals surface area contributed by atoms with E-state index in [-0.39, 0.29) is 23.8 Å². The van der Waals surface area contributed by atoms with E-state index >= 15 is 0 Å². The van der Waals surface area contributed by atoms with Crippen molar-refractivity contribution in [3.8, 4) is 0 Å². The molecule has 0 radical (unpaired) electrons. The second-order valence-electron chi connectivity index (χ2n) is 7.43. The Balaban J connectivity index is 0.000000307. The van der Waals surface area contributed by atoms with E-state index in [0.717, 1.165) is 45.2 Å². The SMILES string of the molecule is CC(=O)N1CCCC1C(=O)O.CCCCCCNC(=O)C1CCCN1C(C)=O. The lowest BCUT2D eigenvalue weighted by Crippen LogP contribution is -2.45. The highest BCUT2D eigenvalue weighted by molar-refractivity contribution is 5.87. The fourth-order valence-corrected chi connectivity index (χ4v) is 3.70. The molecule has 2 heterocycles. The summed E-state index contributed by atoms with van der Waals surface area (Å²) < 4.78 is 0. The van der Waals surface area contributed by atoms with E-state index in [0.29, 0.717) is 13.0 Å². The van der Waals surface area contributed by atoms with E-state index in [9.17, 15) is 19.2 Å². The van der Waals surface area contributed by atoms with Crippen LogP contribution >= 0.6 is 0 Å². The zero-order valence-corrected chi connectivity index (χ0v) is 17.4. The molecule has 3 amide bonds. The molecule has 0 bridgehead atoms. The zero-order chi connectivity index (χ0) is 21.1. The van der Waals surface area contributed by atoms with Gasteiger partial charge in [0, 0.05) is 33.5 Å². The van der Waals surface area contributed by atoms with Gasteiger partial charge in [0.25, 0.3) is 0 Å². The van der Waals surface area contributed by atoms with Crippen LogP contribution in [0.5, 0.6) is 0 Å². The van der Waals surface area contributed by atoms with Gasteiger partial charge in [0.2, 0.25) is 17.7 Å². The van der Waals surface area contributed by atoms with E-state index in [4.69, 9.17) is 5.11 Å². The smallest absolute Gasteiger partial charge is 0.326 e. The first-order valence-corrected chi connectivity index (χ1v) is 10.3. The third kappa shape index (κ3) is 7.48. The number of nitrogens with one attached hydrogen (secondary N) is 1. The summed E-state index contributed by atoms with van der Waals surface area (Å²) in [5, 5.41) is 11.6. The zero-order valence-electron chi connectivity index (χ0n) is 17.4. The Morgan fingerprint density at radius 1 is 0.893 bits per heavy atom. The van der Waals surface area contributed by atoms with Crippen LogP contribution in [0.3, 0.4) is 0 Å². The predicted octanol–water partition coefficient (Wildman–Crippen LogP) is 1.78. The van der Waals surface area contributed by atoms with E-state index in [1.165, 1.54) is 31.6 Å². The van der Waals surface area contributed by atoms with E-state index in [1.807, 2.05) is 0 Å². The molecule has 2 N–H and O–H groups in total. The summed E-state index contributed by atoms with van der Waals surface area (Å²) in [5.41, 5.74) is 0. The number of nitrogens with zero attached hydrogens (tertiary/aromatic N) is 2. The molecule has 2 aliphatic heterocycles. The molecule has 2 fully saturated rings. The van der Waals surface area contributed by atoms with E-state index in [2.05, 4.69) is 12.2 Å². The monoisotopic (exact) mass is 397 g/mol. The van der Waals surface area contributed by atoms with Crippen molar-refractivity contribution in [2.75, 3.05) is 19.6 Å². The Morgan fingerprint density at radius 3 is 1.89 bits per heavy atom. The fraction of sp³-hybridized carbons (Fsp3) is 0.800. The normalized spacial score (nSPS) is 21.1. The standard InChI is InChI=1S/C13H24N2O2.C7H11NO3/c1-3-4-5-6-9-14-13(17)12-8-7-10-15(12)11(2)16;1-5(9)8-4-2-3-6(8)7(10)11/h12H,3-10H2,1-2H3,(H,14,17);6H,2-4H2,1H3,(H,10,11). The lowest BCUT2D eigenvalue weighted by Gasteiger charge is -2.22. The lowest BCUT2D eigenvalue weighted by molar-refractivity contribution is -0.147. The number of aliphatic carboxylic acids is 1. The minimum Gasteiger partial charge on any atom is -0.480 e. The highest BCUT2D eigenvalue weighted by atomic mass is 16.4. The van der Waals surface area contributed by atoms with Crippen LogP contribution in [0.25, 0.3) is 0 Å². The molecule has 160 valence electrons. The van der Waals surface area contributed by atoms with Gasteiger partial charge in [-0.1, -0.05) is 26.2 Å². The van der Waals surface area contributed by atoms with Crippen molar-refractivity contribution in [1.82, 2.24) is 15.1 Å². The molecule has 2 saturated heterocycles. The molecule has 2 unspecified atom stereocenters. The first-order chi connectivity index (χ1) is 13.3. The highest BCUT2D eigenvalue weighted by Crippen LogP contribution is 2.17. The van der Waals surface area contributed by atoms with Crippen molar-refractivity contribution >= 4 is 23.7 Å². The average molecular weight is 398 g/mol. The van der Waals surface area contributed by atoms with Crippen LogP contribution in [0.15, 0.2) is 0 Å². The Kier molecular flexibility index (Phi) is 10.6. The van der Waals surface area contributed by atoms with E-state index in [1.54, 1.807) is 4.90 Å². The maximum absolute atomic E-state index is 11.9. The molecule has 0 aromatic rings. The molecule has 28 heavy (non-hydrogen) atoms. The summed E-state index contributed by atoms with van der Waals surface area (Å²) in [7, 11) is 0. The number of carbonyl (C=O) groups is 4. The number of unbranched alkanes of at least 4 members (excludes halogenated alkanes) is 3. The van der Waals surface area contributed by atoms with Crippen molar-refractivity contribution in [2.45, 2.75) is 84.2 Å². The quantitative estimate of drug-likeness (QED) is 0.637. The minimum atomic E-state index is -0.891. The van der Waals surface area contributed by atoms with Gasteiger partial charge in [-0.25, -0.2) is 4.79 Å². The van der Waals surface area contributed by atoms with Crippen LogP contribution < -0.4 is 5.32 Å². The molecule has 0 aromatic carbocycles. The highest BCUT2D eigenvalue weighted by Gasteiger charge is 2.32. The van der Waals surface area contributed by atoms with Gasteiger partial charge in [-0.05, 0) is 32.1 Å². The summed E-state index contributed by atoms with van der Waals surface area (Å²) in [6.07, 6.45) is 7.76. The summed E-state index contributed by atoms with van der Waals surface area (Å²) in [4.78, 5) is 47.6. The number of carboxylic acids is 1. The molecular weight excluding hydrogens is 362 g/mol. The predicted molar refractivity (Wildman–Crippen MR) is 106 cm³/mol. The van der Waals surface area contributed by atoms with Crippen molar-refractivity contribution in [1.29, 1.82) is 0 Å². The number of carbonyl (C=O) groups excluding carboxylic acids is 3. The molecule has 2 atom stereocenters. The van der Waals surface area contributed by atoms with Gasteiger partial charge in [-0.2, -0.15) is 0 Å². The molecule has 0 aromatic heterocycles. The Morgan fingerprint density at radius 2 is 1.43 bits per heavy atom. The molecule has 0 spiro atoms. The van der Waals surface area contributed by atoms with Gasteiger partial charge in [-0.3, -0.25) is 14.4 Å². The number of carboxylic acid groups (broad SMARTS) is 1. The van der Waals surface area contributed by atoms with Crippen LogP contribution in [0.1, 0.15) is 72.1 Å². The van der Waals surface area contributed by atoms with Gasteiger partial charge in [0.05, 0.1) is 0 Å². The Bertz CT molecular complexity index is 532. The Hall–Kier alpha value is -2.12. The molecule has 0 aliphatic carbocycles. The minimum absolute atomic E-state index is 0.00799. The van der Waals surface area contributed by atoms with E-state index < -0.39 is 12.0 Å². The first-order valence-electron chi connectivity index (χ1n) is 10.3. The number of amides is 3. The van der Waals surface area contributed by atoms with Gasteiger partial charge in [0.15, 0.2) is 0 Å². The lowest BCUT2D eigenvalue weighted by atomic mass is 10.2. The average Bonchev–Trinajstić information content (AvgIpc) is 3.31. The maximum Gasteiger partial charge on any atom is 0.326 e. The maximum atomic E-state index is 11.9. The van der Waals surface area contributed by atoms with Crippen LogP contribution in [0.4, 0.5) is 0 Å². The summed E-state index contributed by atoms with van der Waals surface area (Å²) in [6, 6.07) is -0.800. The second kappa shape index (κ2) is 12.4. The second-order valence-corrected chi connectivity index (χ2v) is 7.43. The molecule has 2 rings (SSSR count). The topological polar surface area (TPSA) is 107 Å². The van der Waals surface area contributed by atoms with Gasteiger partial charge in [-0.15, -0.1) is 0 Å². The summed E-state index contributed by atoms with van der Waals surface area (Å²) in [6.45, 7) is 7.16. The van der Waals surface area contributed by atoms with Gasteiger partial charge < -0.3 is 20.2 Å². The molecule has 8 heteroatoms. The molecule has 0 saturated carbocycles. The fourth-order valence-electron chi connectivity index (χ4n) is 3.70. The van der Waals surface area contributed by atoms with Crippen molar-refractivity contribution in [3.05, 3.63) is 0 Å². The van der Waals surface area contributed by atoms with Crippen LogP contribution in [0, 0.1) is 0 Å². The molecular formula is C20H35N3O5. The van der Waals surface area contributed by atoms with Gasteiger partial charge >= 0.3 is 5.97 Å². The van der Waals surface area contributed by atoms with Gasteiger partial charge in [0.1, 0.15) is 12.1 Å². The first kappa shape index (κ1) is 23.9. The van der Waals surface area contributed by atoms with Crippen LogP contribution in [0.2, 0.25) is 0 Å². The number of rotatable bonds is 7. The third-order valence-electron chi connectivity index (χ3n) is 5.23. The number of hydrogen-bond acceptors (Lipinski definition) is 4. The largest absolute Gasteiger partial charge is 0.480 e. The van der Waals surface area contributed by atoms with Crippen LogP contribution in [-0.2, 0) is 19.2 Å². The molecule has 8 nitrogen and oxygen atoms in total. The Labute approximate surface area is 167 Å². The number of hydrogen-bond donors (Lipinski definition) is 2. The van der Waals surface area contributed by atoms with Crippen LogP contribution in [-0.4, -0.2) is 70.3 Å². The summed E-state index contributed by atoms with van der Waals surface area (Å²) >= 11 is 0. The number of likely N-dealkylation sites (tertiary alicyclic amines) is 2.